The fourth-order valence-electron chi connectivity index (χ4n) is 2.12. The summed E-state index contributed by atoms with van der Waals surface area (Å²) in [6.07, 6.45) is 0.383. The number of carboxylic acid groups (broad SMARTS) is 1. The van der Waals surface area contributed by atoms with Crippen molar-refractivity contribution in [1.29, 1.82) is 0 Å². The van der Waals surface area contributed by atoms with E-state index in [-0.39, 0.29) is 18.3 Å². The highest BCUT2D eigenvalue weighted by atomic mass is 79.9. The predicted octanol–water partition coefficient (Wildman–Crippen LogP) is 1.84. The molecule has 0 saturated heterocycles. The zero-order valence-corrected chi connectivity index (χ0v) is 12.9. The van der Waals surface area contributed by atoms with Crippen molar-refractivity contribution >= 4 is 27.8 Å². The Morgan fingerprint density at radius 1 is 1.41 bits per heavy atom. The lowest BCUT2D eigenvalue weighted by Crippen LogP contribution is -2.26. The summed E-state index contributed by atoms with van der Waals surface area (Å²) in [5.41, 5.74) is 0.795. The largest absolute Gasteiger partial charge is 0.481 e. The number of hydrogen-bond donors (Lipinski definition) is 2. The highest BCUT2D eigenvalue weighted by molar-refractivity contribution is 9.10. The van der Waals surface area contributed by atoms with E-state index in [1.54, 1.807) is 0 Å². The summed E-state index contributed by atoms with van der Waals surface area (Å²) in [6, 6.07) is 7.45. The molecule has 2 N–H and O–H groups in total. The zero-order chi connectivity index (χ0) is 15.7. The Labute approximate surface area is 133 Å². The van der Waals surface area contributed by atoms with E-state index >= 15 is 0 Å². The normalized spacial score (nSPS) is 19.7. The monoisotopic (exact) mass is 365 g/mol. The summed E-state index contributed by atoms with van der Waals surface area (Å²) in [5.74, 6) is -1.55. The number of nitrogens with one attached hydrogen (secondary N) is 1. The predicted molar refractivity (Wildman–Crippen MR) is 78.5 cm³/mol. The average Bonchev–Trinajstić information content (AvgIpc) is 3.16. The van der Waals surface area contributed by atoms with Crippen LogP contribution in [0.2, 0.25) is 0 Å². The summed E-state index contributed by atoms with van der Waals surface area (Å²) < 4.78 is 5.98. The minimum Gasteiger partial charge on any atom is -0.481 e. The fraction of sp³-hybridized carbons (Fsp3) is 0.286. The number of amides is 1. The molecular formula is C14H12BrN3O4. The molecule has 3 rings (SSSR count). The zero-order valence-electron chi connectivity index (χ0n) is 11.3. The van der Waals surface area contributed by atoms with Gasteiger partial charge in [0.15, 0.2) is 0 Å². The number of benzene rings is 1. The standard InChI is InChI=1S/C14H12BrN3O4/c15-8-3-1-2-7(4-8)12-17-11(22-18-12)6-16-13(19)9-5-10(9)14(20)21/h1-4,9-10H,5-6H2,(H,16,19)(H,20,21)/t9-,10-/m1/s1. The first kappa shape index (κ1) is 14.7. The van der Waals surface area contributed by atoms with Crippen molar-refractivity contribution in [3.63, 3.8) is 0 Å². The topological polar surface area (TPSA) is 105 Å². The number of aliphatic carboxylic acids is 1. The highest BCUT2D eigenvalue weighted by Crippen LogP contribution is 2.38. The van der Waals surface area contributed by atoms with Crippen molar-refractivity contribution in [2.24, 2.45) is 11.8 Å². The van der Waals surface area contributed by atoms with Gasteiger partial charge >= 0.3 is 5.97 Å². The molecule has 1 fully saturated rings. The fourth-order valence-corrected chi connectivity index (χ4v) is 2.52. The van der Waals surface area contributed by atoms with Gasteiger partial charge in [0.25, 0.3) is 0 Å². The van der Waals surface area contributed by atoms with Gasteiger partial charge in [0.05, 0.1) is 18.4 Å². The van der Waals surface area contributed by atoms with E-state index in [4.69, 9.17) is 9.63 Å². The second-order valence-electron chi connectivity index (χ2n) is 5.03. The van der Waals surface area contributed by atoms with E-state index in [2.05, 4.69) is 31.4 Å². The Morgan fingerprint density at radius 2 is 2.23 bits per heavy atom. The highest BCUT2D eigenvalue weighted by Gasteiger charge is 2.48. The first-order valence-corrected chi connectivity index (χ1v) is 7.43. The second-order valence-corrected chi connectivity index (χ2v) is 5.94. The van der Waals surface area contributed by atoms with E-state index in [9.17, 15) is 9.59 Å². The Bertz CT molecular complexity index is 730. The van der Waals surface area contributed by atoms with Gasteiger partial charge in [-0.2, -0.15) is 4.98 Å². The number of carbonyl (C=O) groups is 2. The van der Waals surface area contributed by atoms with Crippen molar-refractivity contribution in [2.75, 3.05) is 0 Å². The summed E-state index contributed by atoms with van der Waals surface area (Å²) in [4.78, 5) is 26.7. The quantitative estimate of drug-likeness (QED) is 0.837. The van der Waals surface area contributed by atoms with Gasteiger partial charge in [0, 0.05) is 10.0 Å². The number of carbonyl (C=O) groups excluding carboxylic acids is 1. The Hall–Kier alpha value is -2.22. The van der Waals surface area contributed by atoms with Gasteiger partial charge in [-0.05, 0) is 18.6 Å². The van der Waals surface area contributed by atoms with Crippen LogP contribution >= 0.6 is 15.9 Å². The summed E-state index contributed by atoms with van der Waals surface area (Å²) in [5, 5.41) is 15.3. The van der Waals surface area contributed by atoms with Gasteiger partial charge in [-0.25, -0.2) is 0 Å². The lowest BCUT2D eigenvalue weighted by Gasteiger charge is -1.99. The first-order chi connectivity index (χ1) is 10.5. The van der Waals surface area contributed by atoms with Crippen LogP contribution < -0.4 is 5.32 Å². The minimum absolute atomic E-state index is 0.0860. The average molecular weight is 366 g/mol. The third kappa shape index (κ3) is 3.16. The second kappa shape index (κ2) is 5.88. The molecule has 0 aliphatic heterocycles. The molecule has 1 aromatic carbocycles. The van der Waals surface area contributed by atoms with Gasteiger partial charge in [-0.1, -0.05) is 33.2 Å². The number of halogens is 1. The molecule has 0 bridgehead atoms. The van der Waals surface area contributed by atoms with Crippen LogP contribution in [0, 0.1) is 11.8 Å². The van der Waals surface area contributed by atoms with Crippen LogP contribution in [-0.2, 0) is 16.1 Å². The Morgan fingerprint density at radius 3 is 2.91 bits per heavy atom. The van der Waals surface area contributed by atoms with Crippen molar-refractivity contribution in [3.05, 3.63) is 34.6 Å². The van der Waals surface area contributed by atoms with E-state index < -0.39 is 17.8 Å². The van der Waals surface area contributed by atoms with Crippen LogP contribution in [0.1, 0.15) is 12.3 Å². The van der Waals surface area contributed by atoms with Crippen molar-refractivity contribution < 1.29 is 19.2 Å². The smallest absolute Gasteiger partial charge is 0.307 e. The minimum atomic E-state index is -0.935. The van der Waals surface area contributed by atoms with E-state index in [1.807, 2.05) is 24.3 Å². The third-order valence-electron chi connectivity index (χ3n) is 3.41. The number of carboxylic acids is 1. The number of aromatic nitrogens is 2. The maximum atomic E-state index is 11.7. The summed E-state index contributed by atoms with van der Waals surface area (Å²) in [6.45, 7) is 0.0860. The molecule has 7 nitrogen and oxygen atoms in total. The van der Waals surface area contributed by atoms with Crippen LogP contribution in [0.3, 0.4) is 0 Å². The number of nitrogens with zero attached hydrogens (tertiary/aromatic N) is 2. The maximum Gasteiger partial charge on any atom is 0.307 e. The molecule has 22 heavy (non-hydrogen) atoms. The number of rotatable bonds is 5. The molecule has 8 heteroatoms. The molecule has 1 amide bonds. The van der Waals surface area contributed by atoms with Gasteiger partial charge < -0.3 is 14.9 Å². The molecule has 2 aromatic rings. The molecule has 2 atom stereocenters. The molecule has 0 radical (unpaired) electrons. The van der Waals surface area contributed by atoms with E-state index in [1.165, 1.54) is 0 Å². The van der Waals surface area contributed by atoms with Crippen LogP contribution in [-0.4, -0.2) is 27.1 Å². The molecule has 1 aromatic heterocycles. The molecule has 1 aliphatic carbocycles. The SMILES string of the molecule is O=C(O)[C@@H]1C[C@H]1C(=O)NCc1nc(-c2cccc(Br)c2)no1. The lowest BCUT2D eigenvalue weighted by atomic mass is 10.2. The molecule has 0 unspecified atom stereocenters. The van der Waals surface area contributed by atoms with Crippen molar-refractivity contribution in [2.45, 2.75) is 13.0 Å². The Kier molecular flexibility index (Phi) is 3.93. The van der Waals surface area contributed by atoms with Crippen LogP contribution in [0.4, 0.5) is 0 Å². The molecule has 1 aliphatic rings. The van der Waals surface area contributed by atoms with Crippen LogP contribution in [0.25, 0.3) is 11.4 Å². The van der Waals surface area contributed by atoms with Crippen molar-refractivity contribution in [3.8, 4) is 11.4 Å². The Balaban J connectivity index is 1.59. The summed E-state index contributed by atoms with van der Waals surface area (Å²) >= 11 is 3.37. The van der Waals surface area contributed by atoms with E-state index in [0.29, 0.717) is 12.2 Å². The van der Waals surface area contributed by atoms with Crippen LogP contribution in [0.15, 0.2) is 33.3 Å². The van der Waals surface area contributed by atoms with Gasteiger partial charge in [0.2, 0.25) is 17.6 Å². The molecule has 114 valence electrons. The van der Waals surface area contributed by atoms with Gasteiger partial charge in [-0.3, -0.25) is 9.59 Å². The molecule has 1 heterocycles. The summed E-state index contributed by atoms with van der Waals surface area (Å²) in [7, 11) is 0. The third-order valence-corrected chi connectivity index (χ3v) is 3.90. The first-order valence-electron chi connectivity index (χ1n) is 6.63. The van der Waals surface area contributed by atoms with Gasteiger partial charge in [-0.15, -0.1) is 0 Å². The van der Waals surface area contributed by atoms with Crippen molar-refractivity contribution in [1.82, 2.24) is 15.5 Å². The molecular weight excluding hydrogens is 354 g/mol. The van der Waals surface area contributed by atoms with Gasteiger partial charge in [0.1, 0.15) is 0 Å². The number of hydrogen-bond acceptors (Lipinski definition) is 5. The molecule has 0 spiro atoms. The molecule has 1 saturated carbocycles. The lowest BCUT2D eigenvalue weighted by molar-refractivity contribution is -0.140. The van der Waals surface area contributed by atoms with E-state index in [0.717, 1.165) is 10.0 Å². The van der Waals surface area contributed by atoms with Crippen LogP contribution in [0.5, 0.6) is 0 Å². The maximum absolute atomic E-state index is 11.7.